The van der Waals surface area contributed by atoms with Crippen LogP contribution in [0.1, 0.15) is 26.3 Å². The van der Waals surface area contributed by atoms with Crippen molar-refractivity contribution in [1.82, 2.24) is 4.90 Å². The second-order valence-corrected chi connectivity index (χ2v) is 7.50. The van der Waals surface area contributed by atoms with E-state index in [2.05, 4.69) is 6.58 Å². The first-order valence-electron chi connectivity index (χ1n) is 6.95. The molecule has 1 heterocycles. The van der Waals surface area contributed by atoms with Gasteiger partial charge < -0.3 is 4.74 Å². The smallest absolute Gasteiger partial charge is 0.266 e. The molecule has 1 fully saturated rings. The van der Waals surface area contributed by atoms with Crippen LogP contribution in [-0.2, 0) is 4.79 Å². The van der Waals surface area contributed by atoms with Crippen LogP contribution in [-0.4, -0.2) is 27.3 Å². The third-order valence-corrected chi connectivity index (χ3v) is 4.33. The molecule has 116 valence electrons. The van der Waals surface area contributed by atoms with Crippen LogP contribution in [0.3, 0.4) is 0 Å². The van der Waals surface area contributed by atoms with Crippen LogP contribution in [0.2, 0.25) is 0 Å². The number of thiocarbonyl (C=S) groups is 1. The Hall–Kier alpha value is -1.59. The van der Waals surface area contributed by atoms with E-state index in [0.29, 0.717) is 15.8 Å². The summed E-state index contributed by atoms with van der Waals surface area (Å²) >= 11 is 6.67. The van der Waals surface area contributed by atoms with Gasteiger partial charge in [-0.15, -0.1) is 0 Å². The van der Waals surface area contributed by atoms with E-state index in [1.165, 1.54) is 11.8 Å². The second-order valence-electron chi connectivity index (χ2n) is 5.83. The van der Waals surface area contributed by atoms with Crippen molar-refractivity contribution >= 4 is 40.3 Å². The number of nitrogens with zero attached hydrogens (tertiary/aromatic N) is 1. The summed E-state index contributed by atoms with van der Waals surface area (Å²) < 4.78 is 6.21. The maximum absolute atomic E-state index is 12.6. The van der Waals surface area contributed by atoms with E-state index in [-0.39, 0.29) is 11.4 Å². The van der Waals surface area contributed by atoms with Crippen molar-refractivity contribution < 1.29 is 9.53 Å². The molecule has 3 nitrogen and oxygen atoms in total. The number of thioether (sulfide) groups is 1. The topological polar surface area (TPSA) is 29.5 Å². The van der Waals surface area contributed by atoms with Gasteiger partial charge in [0.2, 0.25) is 0 Å². The van der Waals surface area contributed by atoms with E-state index in [9.17, 15) is 4.79 Å². The molecule has 0 radical (unpaired) electrons. The average molecular weight is 333 g/mol. The molecule has 0 atom stereocenters. The van der Waals surface area contributed by atoms with Gasteiger partial charge in [0.15, 0.2) is 0 Å². The predicted molar refractivity (Wildman–Crippen MR) is 96.9 cm³/mol. The van der Waals surface area contributed by atoms with Crippen LogP contribution >= 0.6 is 24.0 Å². The number of rotatable bonds is 4. The summed E-state index contributed by atoms with van der Waals surface area (Å²) in [4.78, 5) is 14.9. The quantitative estimate of drug-likeness (QED) is 0.468. The van der Waals surface area contributed by atoms with Crippen molar-refractivity contribution in [3.63, 3.8) is 0 Å². The van der Waals surface area contributed by atoms with Gasteiger partial charge in [-0.05, 0) is 32.9 Å². The SMILES string of the molecule is C=CCOc1ccccc1/C=C1\SC(=S)N(C(C)(C)C)C1=O. The molecule has 2 rings (SSSR count). The number of hydrogen-bond donors (Lipinski definition) is 0. The van der Waals surface area contributed by atoms with Gasteiger partial charge in [0.1, 0.15) is 16.7 Å². The largest absolute Gasteiger partial charge is 0.489 e. The van der Waals surface area contributed by atoms with Gasteiger partial charge in [0.25, 0.3) is 5.91 Å². The first-order valence-corrected chi connectivity index (χ1v) is 8.18. The summed E-state index contributed by atoms with van der Waals surface area (Å²) in [6.45, 7) is 9.99. The van der Waals surface area contributed by atoms with Crippen LogP contribution in [0.5, 0.6) is 5.75 Å². The average Bonchev–Trinajstić information content (AvgIpc) is 2.72. The van der Waals surface area contributed by atoms with E-state index in [0.717, 1.165) is 11.3 Å². The van der Waals surface area contributed by atoms with Crippen molar-refractivity contribution in [2.24, 2.45) is 0 Å². The first kappa shape index (κ1) is 16.8. The van der Waals surface area contributed by atoms with Crippen LogP contribution < -0.4 is 4.74 Å². The summed E-state index contributed by atoms with van der Waals surface area (Å²) in [6, 6.07) is 7.61. The molecule has 1 amide bonds. The summed E-state index contributed by atoms with van der Waals surface area (Å²) in [5.41, 5.74) is 0.536. The molecule has 0 N–H and O–H groups in total. The third-order valence-electron chi connectivity index (χ3n) is 3.03. The Morgan fingerprint density at radius 2 is 2.05 bits per heavy atom. The zero-order chi connectivity index (χ0) is 16.3. The molecule has 1 aromatic carbocycles. The lowest BCUT2D eigenvalue weighted by molar-refractivity contribution is -0.125. The maximum Gasteiger partial charge on any atom is 0.266 e. The molecule has 22 heavy (non-hydrogen) atoms. The van der Waals surface area contributed by atoms with E-state index < -0.39 is 0 Å². The number of hydrogen-bond acceptors (Lipinski definition) is 4. The molecule has 0 unspecified atom stereocenters. The van der Waals surface area contributed by atoms with E-state index >= 15 is 0 Å². The predicted octanol–water partition coefficient (Wildman–Crippen LogP) is 4.25. The molecule has 0 saturated carbocycles. The monoisotopic (exact) mass is 333 g/mol. The molecule has 0 aromatic heterocycles. The number of carbonyl (C=O) groups is 1. The Balaban J connectivity index is 2.33. The summed E-state index contributed by atoms with van der Waals surface area (Å²) in [5.74, 6) is 0.671. The van der Waals surface area contributed by atoms with Crippen LogP contribution in [0.15, 0.2) is 41.8 Å². The summed E-state index contributed by atoms with van der Waals surface area (Å²) in [7, 11) is 0. The summed E-state index contributed by atoms with van der Waals surface area (Å²) in [6.07, 6.45) is 3.53. The van der Waals surface area contributed by atoms with Crippen molar-refractivity contribution in [2.45, 2.75) is 26.3 Å². The Morgan fingerprint density at radius 3 is 2.64 bits per heavy atom. The van der Waals surface area contributed by atoms with Gasteiger partial charge in [-0.3, -0.25) is 9.69 Å². The van der Waals surface area contributed by atoms with Crippen LogP contribution in [0.25, 0.3) is 6.08 Å². The lowest BCUT2D eigenvalue weighted by Gasteiger charge is -2.30. The highest BCUT2D eigenvalue weighted by Gasteiger charge is 2.39. The molecule has 0 bridgehead atoms. The normalized spacial score (nSPS) is 17.2. The minimum absolute atomic E-state index is 0.0546. The minimum Gasteiger partial charge on any atom is -0.489 e. The fraction of sp³-hybridized carbons (Fsp3) is 0.294. The molecule has 0 spiro atoms. The Kier molecular flexibility index (Phi) is 5.08. The number of amides is 1. The molecule has 1 saturated heterocycles. The van der Waals surface area contributed by atoms with Crippen LogP contribution in [0.4, 0.5) is 0 Å². The van der Waals surface area contributed by atoms with Crippen molar-refractivity contribution in [1.29, 1.82) is 0 Å². The van der Waals surface area contributed by atoms with Crippen molar-refractivity contribution in [3.8, 4) is 5.75 Å². The highest BCUT2D eigenvalue weighted by atomic mass is 32.2. The number of para-hydroxylation sites is 1. The van der Waals surface area contributed by atoms with Gasteiger partial charge in [-0.25, -0.2) is 0 Å². The van der Waals surface area contributed by atoms with E-state index in [1.54, 1.807) is 11.0 Å². The van der Waals surface area contributed by atoms with Gasteiger partial charge in [0.05, 0.1) is 4.91 Å². The molecular weight excluding hydrogens is 314 g/mol. The zero-order valence-corrected chi connectivity index (χ0v) is 14.6. The number of carbonyl (C=O) groups excluding carboxylic acids is 1. The fourth-order valence-electron chi connectivity index (χ4n) is 2.07. The highest BCUT2D eigenvalue weighted by molar-refractivity contribution is 8.26. The molecule has 1 aromatic rings. The van der Waals surface area contributed by atoms with E-state index in [1.807, 2.05) is 51.1 Å². The van der Waals surface area contributed by atoms with Crippen molar-refractivity contribution in [2.75, 3.05) is 6.61 Å². The fourth-order valence-corrected chi connectivity index (χ4v) is 3.69. The molecule has 5 heteroatoms. The second kappa shape index (κ2) is 6.67. The Morgan fingerprint density at radius 1 is 1.36 bits per heavy atom. The van der Waals surface area contributed by atoms with Gasteiger partial charge >= 0.3 is 0 Å². The first-order chi connectivity index (χ1) is 10.3. The number of benzene rings is 1. The lowest BCUT2D eigenvalue weighted by atomic mass is 10.1. The van der Waals surface area contributed by atoms with Gasteiger partial charge in [-0.1, -0.05) is 54.8 Å². The number of ether oxygens (including phenoxy) is 1. The molecule has 1 aliphatic heterocycles. The Bertz CT molecular complexity index is 644. The maximum atomic E-state index is 12.6. The molecule has 1 aliphatic rings. The van der Waals surface area contributed by atoms with Gasteiger partial charge in [0, 0.05) is 11.1 Å². The van der Waals surface area contributed by atoms with Crippen molar-refractivity contribution in [3.05, 3.63) is 47.4 Å². The highest BCUT2D eigenvalue weighted by Crippen LogP contribution is 2.37. The molecule has 0 aliphatic carbocycles. The van der Waals surface area contributed by atoms with E-state index in [4.69, 9.17) is 17.0 Å². The molecular formula is C17H19NO2S2. The summed E-state index contributed by atoms with van der Waals surface area (Å²) in [5, 5.41) is 0. The van der Waals surface area contributed by atoms with Crippen LogP contribution in [0, 0.1) is 0 Å². The van der Waals surface area contributed by atoms with Gasteiger partial charge in [-0.2, -0.15) is 0 Å². The Labute approximate surface area is 141 Å². The lowest BCUT2D eigenvalue weighted by Crippen LogP contribution is -2.44. The third kappa shape index (κ3) is 3.59. The zero-order valence-electron chi connectivity index (χ0n) is 13.0. The minimum atomic E-state index is -0.324. The standard InChI is InChI=1S/C17H19NO2S2/c1-5-10-20-13-9-7-6-8-12(13)11-14-15(19)18(16(21)22-14)17(2,3)4/h5-9,11H,1,10H2,2-4H3/b14-11-.